The Morgan fingerprint density at radius 1 is 1.25 bits per heavy atom. The normalized spacial score (nSPS) is 15.0. The van der Waals surface area contributed by atoms with E-state index in [4.69, 9.17) is 0 Å². The number of benzene rings is 1. The highest BCUT2D eigenvalue weighted by Gasteiger charge is 2.28. The first-order valence-electron chi connectivity index (χ1n) is 9.32. The van der Waals surface area contributed by atoms with Crippen molar-refractivity contribution in [3.63, 3.8) is 0 Å². The standard InChI is InChI=1S/C20H23N5O2S/c1-24(2)20(27)25-9-7-13(8-10-25)19(26)21-14-5-6-15-16(12-14)23-18(22-15)17-4-3-11-28-17/h3-6,11-13H,7-10H2,1-2H3,(H,21,26)(H,22,23). The molecule has 3 aromatic rings. The largest absolute Gasteiger partial charge is 0.337 e. The third-order valence-corrected chi connectivity index (χ3v) is 5.90. The van der Waals surface area contributed by atoms with Crippen molar-refractivity contribution in [3.05, 3.63) is 35.7 Å². The average molecular weight is 398 g/mol. The zero-order valence-corrected chi connectivity index (χ0v) is 16.8. The van der Waals surface area contributed by atoms with Gasteiger partial charge in [-0.2, -0.15) is 0 Å². The van der Waals surface area contributed by atoms with Crippen LogP contribution in [0.4, 0.5) is 10.5 Å². The van der Waals surface area contributed by atoms with Gasteiger partial charge in [0.1, 0.15) is 5.82 Å². The first-order chi connectivity index (χ1) is 13.5. The highest BCUT2D eigenvalue weighted by molar-refractivity contribution is 7.13. The summed E-state index contributed by atoms with van der Waals surface area (Å²) in [6, 6.07) is 9.74. The van der Waals surface area contributed by atoms with Crippen molar-refractivity contribution in [2.45, 2.75) is 12.8 Å². The predicted octanol–water partition coefficient (Wildman–Crippen LogP) is 3.62. The molecule has 0 spiro atoms. The number of likely N-dealkylation sites (tertiary alicyclic amines) is 1. The van der Waals surface area contributed by atoms with Gasteiger partial charge in [0.05, 0.1) is 15.9 Å². The molecule has 0 aliphatic carbocycles. The van der Waals surface area contributed by atoms with Crippen LogP contribution in [0.15, 0.2) is 35.7 Å². The fraction of sp³-hybridized carbons (Fsp3) is 0.350. The number of rotatable bonds is 3. The van der Waals surface area contributed by atoms with Crippen LogP contribution in [0.5, 0.6) is 0 Å². The van der Waals surface area contributed by atoms with E-state index in [-0.39, 0.29) is 17.9 Å². The van der Waals surface area contributed by atoms with Gasteiger partial charge < -0.3 is 20.1 Å². The van der Waals surface area contributed by atoms with Crippen LogP contribution in [0, 0.1) is 5.92 Å². The van der Waals surface area contributed by atoms with E-state index in [0.29, 0.717) is 25.9 Å². The van der Waals surface area contributed by atoms with Crippen LogP contribution in [-0.2, 0) is 4.79 Å². The molecule has 3 heterocycles. The van der Waals surface area contributed by atoms with Gasteiger partial charge in [0.15, 0.2) is 0 Å². The zero-order chi connectivity index (χ0) is 19.7. The molecule has 0 saturated carbocycles. The molecule has 7 nitrogen and oxygen atoms in total. The number of piperidine rings is 1. The van der Waals surface area contributed by atoms with Crippen LogP contribution in [-0.4, -0.2) is 58.9 Å². The molecular weight excluding hydrogens is 374 g/mol. The lowest BCUT2D eigenvalue weighted by molar-refractivity contribution is -0.121. The topological polar surface area (TPSA) is 81.3 Å². The minimum Gasteiger partial charge on any atom is -0.337 e. The SMILES string of the molecule is CN(C)C(=O)N1CCC(C(=O)Nc2ccc3nc(-c4cccs4)[nH]c3c2)CC1. The number of H-pyrrole nitrogens is 1. The first kappa shape index (κ1) is 18.5. The Bertz CT molecular complexity index is 987. The van der Waals surface area contributed by atoms with E-state index >= 15 is 0 Å². The molecule has 0 atom stereocenters. The van der Waals surface area contributed by atoms with E-state index in [1.807, 2.05) is 35.7 Å². The number of hydrogen-bond donors (Lipinski definition) is 2. The molecular formula is C20H23N5O2S. The van der Waals surface area contributed by atoms with Crippen LogP contribution in [0.2, 0.25) is 0 Å². The van der Waals surface area contributed by atoms with Gasteiger partial charge in [-0.05, 0) is 42.5 Å². The Morgan fingerprint density at radius 3 is 2.71 bits per heavy atom. The summed E-state index contributed by atoms with van der Waals surface area (Å²) in [5.74, 6) is 0.770. The molecule has 28 heavy (non-hydrogen) atoms. The minimum absolute atomic E-state index is 0.00472. The molecule has 1 aliphatic heterocycles. The molecule has 1 aliphatic rings. The van der Waals surface area contributed by atoms with Crippen LogP contribution >= 0.6 is 11.3 Å². The van der Waals surface area contributed by atoms with Crippen LogP contribution in [0.1, 0.15) is 12.8 Å². The number of imidazole rings is 1. The molecule has 0 bridgehead atoms. The fourth-order valence-corrected chi connectivity index (χ4v) is 4.15. The summed E-state index contributed by atoms with van der Waals surface area (Å²) < 4.78 is 0. The van der Waals surface area contributed by atoms with E-state index in [1.54, 1.807) is 35.2 Å². The summed E-state index contributed by atoms with van der Waals surface area (Å²) in [5.41, 5.74) is 2.52. The van der Waals surface area contributed by atoms with Crippen molar-refractivity contribution in [2.75, 3.05) is 32.5 Å². The number of anilines is 1. The van der Waals surface area contributed by atoms with Gasteiger partial charge >= 0.3 is 6.03 Å². The number of aromatic nitrogens is 2. The lowest BCUT2D eigenvalue weighted by Gasteiger charge is -2.33. The van der Waals surface area contributed by atoms with Crippen molar-refractivity contribution in [1.82, 2.24) is 19.8 Å². The van der Waals surface area contributed by atoms with Gasteiger partial charge in [0.25, 0.3) is 0 Å². The summed E-state index contributed by atoms with van der Waals surface area (Å²) in [7, 11) is 3.49. The maximum Gasteiger partial charge on any atom is 0.319 e. The number of hydrogen-bond acceptors (Lipinski definition) is 4. The number of aromatic amines is 1. The van der Waals surface area contributed by atoms with E-state index in [9.17, 15) is 9.59 Å². The molecule has 4 rings (SSSR count). The molecule has 2 aromatic heterocycles. The van der Waals surface area contributed by atoms with Gasteiger partial charge in [0, 0.05) is 38.8 Å². The summed E-state index contributed by atoms with van der Waals surface area (Å²) >= 11 is 1.63. The molecule has 0 unspecified atom stereocenters. The Morgan fingerprint density at radius 2 is 2.04 bits per heavy atom. The Labute approximate surface area is 167 Å². The molecule has 3 amide bonds. The summed E-state index contributed by atoms with van der Waals surface area (Å²) in [4.78, 5) is 37.1. The zero-order valence-electron chi connectivity index (χ0n) is 15.9. The molecule has 2 N–H and O–H groups in total. The molecule has 0 radical (unpaired) electrons. The highest BCUT2D eigenvalue weighted by Crippen LogP contribution is 2.26. The van der Waals surface area contributed by atoms with Crippen molar-refractivity contribution in [2.24, 2.45) is 5.92 Å². The number of thiophene rings is 1. The van der Waals surface area contributed by atoms with Crippen molar-refractivity contribution >= 4 is 40.0 Å². The number of nitrogens with one attached hydrogen (secondary N) is 2. The summed E-state index contributed by atoms with van der Waals surface area (Å²) in [6.45, 7) is 1.22. The Hall–Kier alpha value is -2.87. The maximum absolute atomic E-state index is 12.7. The molecule has 1 fully saturated rings. The molecule has 8 heteroatoms. The predicted molar refractivity (Wildman–Crippen MR) is 111 cm³/mol. The second-order valence-electron chi connectivity index (χ2n) is 7.22. The summed E-state index contributed by atoms with van der Waals surface area (Å²) in [5, 5.41) is 5.04. The van der Waals surface area contributed by atoms with Gasteiger partial charge in [-0.25, -0.2) is 9.78 Å². The lowest BCUT2D eigenvalue weighted by atomic mass is 9.96. The lowest BCUT2D eigenvalue weighted by Crippen LogP contribution is -2.45. The molecule has 1 saturated heterocycles. The third-order valence-electron chi connectivity index (χ3n) is 5.02. The number of fused-ring (bicyclic) bond motifs is 1. The second-order valence-corrected chi connectivity index (χ2v) is 8.17. The fourth-order valence-electron chi connectivity index (χ4n) is 3.48. The van der Waals surface area contributed by atoms with Crippen molar-refractivity contribution in [3.8, 4) is 10.7 Å². The number of amides is 3. The third kappa shape index (κ3) is 3.73. The van der Waals surface area contributed by atoms with Crippen LogP contribution in [0.25, 0.3) is 21.7 Å². The first-order valence-corrected chi connectivity index (χ1v) is 10.2. The second kappa shape index (κ2) is 7.63. The van der Waals surface area contributed by atoms with E-state index in [2.05, 4.69) is 15.3 Å². The highest BCUT2D eigenvalue weighted by atomic mass is 32.1. The molecule has 146 valence electrons. The maximum atomic E-state index is 12.7. The number of carbonyl (C=O) groups is 2. The number of carbonyl (C=O) groups excluding carboxylic acids is 2. The van der Waals surface area contributed by atoms with Crippen LogP contribution < -0.4 is 5.32 Å². The van der Waals surface area contributed by atoms with Gasteiger partial charge in [-0.3, -0.25) is 4.79 Å². The molecule has 1 aromatic carbocycles. The number of nitrogens with zero attached hydrogens (tertiary/aromatic N) is 3. The van der Waals surface area contributed by atoms with E-state index < -0.39 is 0 Å². The quantitative estimate of drug-likeness (QED) is 0.708. The van der Waals surface area contributed by atoms with Gasteiger partial charge in [-0.15, -0.1) is 11.3 Å². The monoisotopic (exact) mass is 397 g/mol. The van der Waals surface area contributed by atoms with E-state index in [0.717, 1.165) is 27.4 Å². The van der Waals surface area contributed by atoms with Gasteiger partial charge in [-0.1, -0.05) is 6.07 Å². The van der Waals surface area contributed by atoms with E-state index in [1.165, 1.54) is 0 Å². The smallest absolute Gasteiger partial charge is 0.319 e. The average Bonchev–Trinajstić information content (AvgIpc) is 3.36. The van der Waals surface area contributed by atoms with Gasteiger partial charge in [0.2, 0.25) is 5.91 Å². The number of urea groups is 1. The Kier molecular flexibility index (Phi) is 5.04. The van der Waals surface area contributed by atoms with Crippen molar-refractivity contribution in [1.29, 1.82) is 0 Å². The Balaban J connectivity index is 1.41. The summed E-state index contributed by atoms with van der Waals surface area (Å²) in [6.07, 6.45) is 1.36. The van der Waals surface area contributed by atoms with Crippen molar-refractivity contribution < 1.29 is 9.59 Å². The van der Waals surface area contributed by atoms with Crippen LogP contribution in [0.3, 0.4) is 0 Å². The minimum atomic E-state index is -0.0784.